The summed E-state index contributed by atoms with van der Waals surface area (Å²) in [5, 5.41) is 5.47. The van der Waals surface area contributed by atoms with Gasteiger partial charge in [-0.2, -0.15) is 13.2 Å². The average molecular weight is 641 g/mol. The number of aromatic nitrogens is 1. The summed E-state index contributed by atoms with van der Waals surface area (Å²) in [6, 6.07) is 28.4. The highest BCUT2D eigenvalue weighted by Gasteiger charge is 2.49. The number of nitrogens with one attached hydrogen (secondary N) is 2. The number of pyridine rings is 1. The first kappa shape index (κ1) is 32.4. The van der Waals surface area contributed by atoms with Crippen molar-refractivity contribution >= 4 is 11.8 Å². The minimum atomic E-state index is -4.50. The van der Waals surface area contributed by atoms with Crippen LogP contribution >= 0.6 is 0 Å². The molecule has 9 heteroatoms. The molecule has 0 bridgehead atoms. The van der Waals surface area contributed by atoms with Crippen molar-refractivity contribution in [2.24, 2.45) is 0 Å². The molecule has 3 aromatic carbocycles. The summed E-state index contributed by atoms with van der Waals surface area (Å²) in [6.07, 6.45) is 1.74. The highest BCUT2D eigenvalue weighted by Crippen LogP contribution is 2.51. The molecule has 6 rings (SSSR count). The van der Waals surface area contributed by atoms with Gasteiger partial charge in [0.1, 0.15) is 12.0 Å². The van der Waals surface area contributed by atoms with E-state index in [1.807, 2.05) is 91.0 Å². The number of alkyl halides is 3. The molecule has 1 aliphatic carbocycles. The number of carbonyl (C=O) groups is 2. The second-order valence-electron chi connectivity index (χ2n) is 12.5. The first-order chi connectivity index (χ1) is 22.8. The van der Waals surface area contributed by atoms with E-state index >= 15 is 0 Å². The van der Waals surface area contributed by atoms with Gasteiger partial charge in [0, 0.05) is 29.9 Å². The van der Waals surface area contributed by atoms with Crippen LogP contribution in [0.1, 0.15) is 60.0 Å². The molecule has 2 N–H and O–H groups in total. The van der Waals surface area contributed by atoms with E-state index < -0.39 is 24.0 Å². The van der Waals surface area contributed by atoms with E-state index in [9.17, 15) is 22.8 Å². The fourth-order valence-electron chi connectivity index (χ4n) is 7.22. The predicted octanol–water partition coefficient (Wildman–Crippen LogP) is 7.15. The number of halogens is 3. The third kappa shape index (κ3) is 7.10. The molecule has 1 saturated heterocycles. The van der Waals surface area contributed by atoms with Gasteiger partial charge < -0.3 is 15.5 Å². The monoisotopic (exact) mass is 640 g/mol. The summed E-state index contributed by atoms with van der Waals surface area (Å²) in [5.74, 6) is -0.707. The molecule has 2 heterocycles. The molecule has 2 amide bonds. The van der Waals surface area contributed by atoms with Crippen LogP contribution in [-0.4, -0.2) is 60.1 Å². The second-order valence-corrected chi connectivity index (χ2v) is 12.5. The molecule has 4 aromatic rings. The number of rotatable bonds is 10. The Labute approximate surface area is 273 Å². The number of nitrogens with zero attached hydrogens (tertiary/aromatic N) is 2. The van der Waals surface area contributed by atoms with Gasteiger partial charge in [0.2, 0.25) is 5.91 Å². The summed E-state index contributed by atoms with van der Waals surface area (Å²) in [4.78, 5) is 33.9. The minimum absolute atomic E-state index is 0.0522. The molecule has 1 atom stereocenters. The molecule has 0 spiro atoms. The van der Waals surface area contributed by atoms with Gasteiger partial charge in [0.25, 0.3) is 5.91 Å². The number of benzene rings is 3. The predicted molar refractivity (Wildman–Crippen MR) is 177 cm³/mol. The first-order valence-corrected chi connectivity index (χ1v) is 16.3. The van der Waals surface area contributed by atoms with Gasteiger partial charge in [0.15, 0.2) is 0 Å². The van der Waals surface area contributed by atoms with Gasteiger partial charge in [-0.1, -0.05) is 79.2 Å². The molecular weight excluding hydrogens is 601 g/mol. The topological polar surface area (TPSA) is 74.3 Å². The first-order valence-electron chi connectivity index (χ1n) is 16.3. The lowest BCUT2D eigenvalue weighted by molar-refractivity contribution is -0.141. The second kappa shape index (κ2) is 14.1. The molecule has 1 aliphatic heterocycles. The fraction of sp³-hybridized carbons (Fsp3) is 0.342. The number of likely N-dealkylation sites (tertiary alicyclic amines) is 1. The third-order valence-electron chi connectivity index (χ3n) is 9.45. The summed E-state index contributed by atoms with van der Waals surface area (Å²) in [7, 11) is 0. The van der Waals surface area contributed by atoms with Gasteiger partial charge in [-0.25, -0.2) is 0 Å². The van der Waals surface area contributed by atoms with Crippen molar-refractivity contribution in [3.63, 3.8) is 0 Å². The summed E-state index contributed by atoms with van der Waals surface area (Å²) >= 11 is 0. The van der Waals surface area contributed by atoms with Crippen LogP contribution in [0.3, 0.4) is 0 Å². The molecule has 0 radical (unpaired) electrons. The van der Waals surface area contributed by atoms with Crippen LogP contribution in [0.25, 0.3) is 22.4 Å². The quantitative estimate of drug-likeness (QED) is 0.181. The lowest BCUT2D eigenvalue weighted by atomic mass is 9.73. The number of hydrogen-bond acceptors (Lipinski definition) is 4. The van der Waals surface area contributed by atoms with Gasteiger partial charge >= 0.3 is 6.18 Å². The van der Waals surface area contributed by atoms with Crippen molar-refractivity contribution in [3.05, 3.63) is 114 Å². The fourth-order valence-corrected chi connectivity index (χ4v) is 7.22. The SMILES string of the molecule is O=C(NC1CCCN(CCCCC2(C(=O)NCC(F)(F)F)c3ccccc3-c3ccccc32)CC1)c1ccccc1-c1ccccn1. The number of fused-ring (bicyclic) bond motifs is 3. The number of unbranched alkanes of at least 4 members (excludes halogenated alkanes) is 1. The molecule has 47 heavy (non-hydrogen) atoms. The average Bonchev–Trinajstić information content (AvgIpc) is 3.19. The number of carbonyl (C=O) groups excluding carboxylic acids is 2. The summed E-state index contributed by atoms with van der Waals surface area (Å²) < 4.78 is 39.6. The van der Waals surface area contributed by atoms with Gasteiger partial charge in [-0.3, -0.25) is 14.6 Å². The van der Waals surface area contributed by atoms with E-state index in [2.05, 4.69) is 20.5 Å². The van der Waals surface area contributed by atoms with Gasteiger partial charge in [-0.05, 0) is 85.6 Å². The normalized spacial score (nSPS) is 17.3. The Bertz CT molecular complexity index is 1660. The molecule has 2 aliphatic rings. The van der Waals surface area contributed by atoms with Gasteiger partial charge in [-0.15, -0.1) is 0 Å². The zero-order valence-electron chi connectivity index (χ0n) is 26.2. The summed E-state index contributed by atoms with van der Waals surface area (Å²) in [5.41, 5.74) is 4.31. The lowest BCUT2D eigenvalue weighted by Gasteiger charge is -2.31. The highest BCUT2D eigenvalue weighted by atomic mass is 19.4. The van der Waals surface area contributed by atoms with Crippen LogP contribution in [0.2, 0.25) is 0 Å². The van der Waals surface area contributed by atoms with Crippen molar-refractivity contribution in [3.8, 4) is 22.4 Å². The van der Waals surface area contributed by atoms with E-state index in [0.717, 1.165) is 78.8 Å². The van der Waals surface area contributed by atoms with Crippen molar-refractivity contribution in [1.29, 1.82) is 0 Å². The van der Waals surface area contributed by atoms with Crippen LogP contribution in [0.15, 0.2) is 97.2 Å². The Morgan fingerprint density at radius 3 is 2.15 bits per heavy atom. The number of amides is 2. The van der Waals surface area contributed by atoms with E-state index in [4.69, 9.17) is 0 Å². The van der Waals surface area contributed by atoms with Crippen LogP contribution in [0.4, 0.5) is 13.2 Å². The van der Waals surface area contributed by atoms with Crippen LogP contribution in [0.5, 0.6) is 0 Å². The van der Waals surface area contributed by atoms with E-state index in [-0.39, 0.29) is 11.9 Å². The maximum Gasteiger partial charge on any atom is 0.405 e. The third-order valence-corrected chi connectivity index (χ3v) is 9.45. The Kier molecular flexibility index (Phi) is 9.73. The van der Waals surface area contributed by atoms with Gasteiger partial charge in [0.05, 0.1) is 5.69 Å². The van der Waals surface area contributed by atoms with Crippen molar-refractivity contribution in [2.45, 2.75) is 56.2 Å². The summed E-state index contributed by atoms with van der Waals surface area (Å²) in [6.45, 7) is 1.18. The zero-order valence-corrected chi connectivity index (χ0v) is 26.2. The van der Waals surface area contributed by atoms with E-state index in [1.54, 1.807) is 6.20 Å². The molecular formula is C38H39F3N4O2. The maximum atomic E-state index is 13.7. The van der Waals surface area contributed by atoms with Crippen LogP contribution in [0, 0.1) is 0 Å². The Balaban J connectivity index is 1.08. The molecule has 1 unspecified atom stereocenters. The van der Waals surface area contributed by atoms with Crippen LogP contribution < -0.4 is 10.6 Å². The zero-order chi connectivity index (χ0) is 32.9. The molecule has 1 fully saturated rings. The van der Waals surface area contributed by atoms with Crippen molar-refractivity contribution in [2.75, 3.05) is 26.2 Å². The van der Waals surface area contributed by atoms with Crippen molar-refractivity contribution < 1.29 is 22.8 Å². The maximum absolute atomic E-state index is 13.7. The standard InChI is InChI=1S/C38H39F3N4O2/c39-38(40,41)26-43-36(47)37(32-17-5-3-13-28(32)29-14-4-6-18-33(29)37)21-8-10-23-45-24-11-12-27(20-25-45)44-35(46)31-16-2-1-15-30(31)34-19-7-9-22-42-34/h1-7,9,13-19,22,27H,8,10-12,20-21,23-26H2,(H,43,47)(H,44,46). The number of hydrogen-bond donors (Lipinski definition) is 2. The van der Waals surface area contributed by atoms with Crippen molar-refractivity contribution in [1.82, 2.24) is 20.5 Å². The van der Waals surface area contributed by atoms with E-state index in [1.165, 1.54) is 0 Å². The van der Waals surface area contributed by atoms with E-state index in [0.29, 0.717) is 18.4 Å². The molecule has 0 saturated carbocycles. The molecule has 1 aromatic heterocycles. The minimum Gasteiger partial charge on any atom is -0.349 e. The Morgan fingerprint density at radius 1 is 0.809 bits per heavy atom. The molecule has 244 valence electrons. The lowest BCUT2D eigenvalue weighted by Crippen LogP contribution is -2.47. The Hall–Kier alpha value is -4.50. The van der Waals surface area contributed by atoms with Crippen LogP contribution in [-0.2, 0) is 10.2 Å². The largest absolute Gasteiger partial charge is 0.405 e. The smallest absolute Gasteiger partial charge is 0.349 e. The highest BCUT2D eigenvalue weighted by molar-refractivity contribution is 6.01. The Morgan fingerprint density at radius 2 is 1.47 bits per heavy atom. The molecule has 6 nitrogen and oxygen atoms in total.